The summed E-state index contributed by atoms with van der Waals surface area (Å²) in [7, 11) is 1.58. The van der Waals surface area contributed by atoms with Gasteiger partial charge in [-0.1, -0.05) is 25.1 Å². The minimum atomic E-state index is -0.388. The Bertz CT molecular complexity index is 694. The number of carbonyl (C=O) groups excluding carboxylic acids is 1. The number of methoxy groups -OCH3 is 1. The number of carbonyl (C=O) groups is 1. The smallest absolute Gasteiger partial charge is 0.238 e. The van der Waals surface area contributed by atoms with Gasteiger partial charge in [-0.3, -0.25) is 9.69 Å². The van der Waals surface area contributed by atoms with Crippen LogP contribution in [-0.4, -0.2) is 44.2 Å². The van der Waals surface area contributed by atoms with Crippen molar-refractivity contribution < 1.29 is 18.7 Å². The molecule has 25 heavy (non-hydrogen) atoms. The van der Waals surface area contributed by atoms with Gasteiger partial charge in [0.1, 0.15) is 12.4 Å². The van der Waals surface area contributed by atoms with Crippen LogP contribution in [0.15, 0.2) is 48.5 Å². The van der Waals surface area contributed by atoms with E-state index in [4.69, 9.17) is 9.47 Å². The van der Waals surface area contributed by atoms with Crippen LogP contribution in [0.1, 0.15) is 6.92 Å². The highest BCUT2D eigenvalue weighted by Crippen LogP contribution is 2.17. The first-order valence-electron chi connectivity index (χ1n) is 8.16. The summed E-state index contributed by atoms with van der Waals surface area (Å²) < 4.78 is 24.1. The summed E-state index contributed by atoms with van der Waals surface area (Å²) in [6.07, 6.45) is 0. The van der Waals surface area contributed by atoms with E-state index in [1.54, 1.807) is 37.4 Å². The number of hydrogen-bond donors (Lipinski definition) is 1. The number of ether oxygens (including phenoxy) is 2. The predicted molar refractivity (Wildman–Crippen MR) is 95.6 cm³/mol. The molecule has 0 aliphatic heterocycles. The van der Waals surface area contributed by atoms with Crippen LogP contribution >= 0.6 is 0 Å². The first kappa shape index (κ1) is 18.7. The van der Waals surface area contributed by atoms with E-state index in [1.165, 1.54) is 6.07 Å². The third-order valence-corrected chi connectivity index (χ3v) is 3.67. The highest BCUT2D eigenvalue weighted by Gasteiger charge is 2.10. The van der Waals surface area contributed by atoms with Gasteiger partial charge in [0.05, 0.1) is 13.7 Å². The number of nitrogens with one attached hydrogen (secondary N) is 1. The molecule has 2 aromatic rings. The molecule has 0 saturated carbocycles. The maximum absolute atomic E-state index is 13.5. The van der Waals surface area contributed by atoms with Crippen molar-refractivity contribution in [3.63, 3.8) is 0 Å². The van der Waals surface area contributed by atoms with Crippen LogP contribution in [0.4, 0.5) is 10.1 Å². The lowest BCUT2D eigenvalue weighted by molar-refractivity contribution is -0.117. The molecular weight excluding hydrogens is 323 g/mol. The van der Waals surface area contributed by atoms with Crippen LogP contribution in [0.2, 0.25) is 0 Å². The first-order valence-corrected chi connectivity index (χ1v) is 8.16. The van der Waals surface area contributed by atoms with E-state index in [0.29, 0.717) is 31.1 Å². The summed E-state index contributed by atoms with van der Waals surface area (Å²) in [6.45, 7) is 3.71. The number of anilines is 1. The molecule has 1 N–H and O–H groups in total. The Morgan fingerprint density at radius 3 is 2.72 bits per heavy atom. The molecule has 1 amide bonds. The molecule has 0 aliphatic rings. The van der Waals surface area contributed by atoms with Gasteiger partial charge in [-0.25, -0.2) is 4.39 Å². The van der Waals surface area contributed by atoms with Crippen molar-refractivity contribution in [2.45, 2.75) is 6.92 Å². The van der Waals surface area contributed by atoms with Gasteiger partial charge < -0.3 is 14.8 Å². The third-order valence-electron chi connectivity index (χ3n) is 3.67. The van der Waals surface area contributed by atoms with E-state index in [-0.39, 0.29) is 24.0 Å². The molecule has 0 atom stereocenters. The zero-order valence-electron chi connectivity index (χ0n) is 14.5. The van der Waals surface area contributed by atoms with Gasteiger partial charge in [0.2, 0.25) is 5.91 Å². The van der Waals surface area contributed by atoms with E-state index >= 15 is 0 Å². The summed E-state index contributed by atoms with van der Waals surface area (Å²) in [6, 6.07) is 13.5. The Hall–Kier alpha value is -2.60. The van der Waals surface area contributed by atoms with Crippen molar-refractivity contribution >= 4 is 11.6 Å². The van der Waals surface area contributed by atoms with E-state index in [2.05, 4.69) is 5.32 Å². The van der Waals surface area contributed by atoms with Crippen LogP contribution in [0.25, 0.3) is 0 Å². The molecule has 0 saturated heterocycles. The highest BCUT2D eigenvalue weighted by atomic mass is 19.1. The minimum absolute atomic E-state index is 0.124. The second-order valence-electron chi connectivity index (χ2n) is 5.43. The van der Waals surface area contributed by atoms with Crippen molar-refractivity contribution in [2.24, 2.45) is 0 Å². The van der Waals surface area contributed by atoms with Crippen LogP contribution in [0.3, 0.4) is 0 Å². The number of likely N-dealkylation sites (N-methyl/N-ethyl adjacent to an activating group) is 1. The molecule has 0 aliphatic carbocycles. The summed E-state index contributed by atoms with van der Waals surface area (Å²) in [5.74, 6) is 0.394. The second-order valence-corrected chi connectivity index (χ2v) is 5.43. The maximum atomic E-state index is 13.5. The molecule has 0 aromatic heterocycles. The van der Waals surface area contributed by atoms with Crippen molar-refractivity contribution in [2.75, 3.05) is 38.7 Å². The fourth-order valence-corrected chi connectivity index (χ4v) is 2.30. The van der Waals surface area contributed by atoms with Crippen molar-refractivity contribution in [3.8, 4) is 11.5 Å². The molecule has 134 valence electrons. The number of hydrogen-bond acceptors (Lipinski definition) is 4. The van der Waals surface area contributed by atoms with E-state index in [9.17, 15) is 9.18 Å². The zero-order valence-corrected chi connectivity index (χ0v) is 14.5. The molecule has 0 bridgehead atoms. The number of amides is 1. The molecule has 6 heteroatoms. The minimum Gasteiger partial charge on any atom is -0.497 e. The summed E-state index contributed by atoms with van der Waals surface area (Å²) >= 11 is 0. The van der Waals surface area contributed by atoms with Crippen LogP contribution in [0, 0.1) is 5.82 Å². The number of nitrogens with zero attached hydrogens (tertiary/aromatic N) is 1. The van der Waals surface area contributed by atoms with Crippen LogP contribution in [-0.2, 0) is 4.79 Å². The Balaban J connectivity index is 1.80. The molecule has 2 rings (SSSR count). The van der Waals surface area contributed by atoms with E-state index in [1.807, 2.05) is 24.0 Å². The molecule has 0 fully saturated rings. The maximum Gasteiger partial charge on any atom is 0.238 e. The fourth-order valence-electron chi connectivity index (χ4n) is 2.30. The van der Waals surface area contributed by atoms with Gasteiger partial charge >= 0.3 is 0 Å². The Morgan fingerprint density at radius 2 is 2.00 bits per heavy atom. The summed E-state index contributed by atoms with van der Waals surface area (Å²) in [5, 5.41) is 2.84. The number of rotatable bonds is 9. The Morgan fingerprint density at radius 1 is 1.20 bits per heavy atom. The van der Waals surface area contributed by atoms with Gasteiger partial charge in [-0.2, -0.15) is 0 Å². The summed E-state index contributed by atoms with van der Waals surface area (Å²) in [5.41, 5.74) is 0.683. The third kappa shape index (κ3) is 6.08. The molecule has 0 unspecified atom stereocenters. The van der Waals surface area contributed by atoms with Gasteiger partial charge in [0, 0.05) is 18.3 Å². The number of para-hydroxylation sites is 1. The lowest BCUT2D eigenvalue weighted by atomic mass is 10.3. The standard InChI is InChI=1S/C19H23FN2O3/c1-3-22(11-12-25-18-10-5-4-9-17(18)20)14-19(23)21-15-7-6-8-16(13-15)24-2/h4-10,13H,3,11-12,14H2,1-2H3,(H,21,23). The quantitative estimate of drug-likeness (QED) is 0.758. The zero-order chi connectivity index (χ0) is 18.1. The van der Waals surface area contributed by atoms with Crippen molar-refractivity contribution in [1.29, 1.82) is 0 Å². The molecule has 0 radical (unpaired) electrons. The van der Waals surface area contributed by atoms with Gasteiger partial charge in [-0.05, 0) is 30.8 Å². The number of benzene rings is 2. The topological polar surface area (TPSA) is 50.8 Å². The summed E-state index contributed by atoms with van der Waals surface area (Å²) in [4.78, 5) is 14.1. The molecule has 0 heterocycles. The van der Waals surface area contributed by atoms with Gasteiger partial charge in [0.15, 0.2) is 11.6 Å². The average Bonchev–Trinajstić information content (AvgIpc) is 2.62. The van der Waals surface area contributed by atoms with Crippen LogP contribution < -0.4 is 14.8 Å². The Labute approximate surface area is 147 Å². The van der Waals surface area contributed by atoms with Crippen molar-refractivity contribution in [3.05, 3.63) is 54.3 Å². The second kappa shape index (κ2) is 9.64. The average molecular weight is 346 g/mol. The van der Waals surface area contributed by atoms with E-state index in [0.717, 1.165) is 0 Å². The monoisotopic (exact) mass is 346 g/mol. The SMILES string of the molecule is CCN(CCOc1ccccc1F)CC(=O)Nc1cccc(OC)c1. The predicted octanol–water partition coefficient (Wildman–Crippen LogP) is 3.17. The normalized spacial score (nSPS) is 10.6. The molecule has 0 spiro atoms. The Kier molecular flexibility index (Phi) is 7.22. The number of halogens is 1. The highest BCUT2D eigenvalue weighted by molar-refractivity contribution is 5.92. The van der Waals surface area contributed by atoms with Gasteiger partial charge in [0.25, 0.3) is 0 Å². The molecule has 2 aromatic carbocycles. The van der Waals surface area contributed by atoms with Crippen LogP contribution in [0.5, 0.6) is 11.5 Å². The fraction of sp³-hybridized carbons (Fsp3) is 0.316. The largest absolute Gasteiger partial charge is 0.497 e. The van der Waals surface area contributed by atoms with Gasteiger partial charge in [-0.15, -0.1) is 0 Å². The molecular formula is C19H23FN2O3. The lowest BCUT2D eigenvalue weighted by Crippen LogP contribution is -2.36. The van der Waals surface area contributed by atoms with Crippen molar-refractivity contribution in [1.82, 2.24) is 4.90 Å². The first-order chi connectivity index (χ1) is 12.1. The van der Waals surface area contributed by atoms with E-state index < -0.39 is 0 Å². The lowest BCUT2D eigenvalue weighted by Gasteiger charge is -2.20. The molecule has 5 nitrogen and oxygen atoms in total.